The average Bonchev–Trinajstić information content (AvgIpc) is 2.83. The molecule has 0 radical (unpaired) electrons. The lowest BCUT2D eigenvalue weighted by Crippen LogP contribution is -2.09. The van der Waals surface area contributed by atoms with Gasteiger partial charge in [-0.15, -0.1) is 11.3 Å². The Morgan fingerprint density at radius 2 is 2.13 bits per heavy atom. The Balaban J connectivity index is 2.06. The summed E-state index contributed by atoms with van der Waals surface area (Å²) in [7, 11) is 2.01. The molecule has 1 N–H and O–H groups in total. The van der Waals surface area contributed by atoms with Gasteiger partial charge in [0, 0.05) is 10.8 Å². The molecular weight excluding hydrogens is 204 g/mol. The van der Waals surface area contributed by atoms with Gasteiger partial charge in [0.1, 0.15) is 0 Å². The van der Waals surface area contributed by atoms with Crippen LogP contribution in [0.25, 0.3) is 0 Å². The highest BCUT2D eigenvalue weighted by Gasteiger charge is 2.21. The molecule has 0 atom stereocenters. The van der Waals surface area contributed by atoms with E-state index in [1.165, 1.54) is 41.3 Å². The minimum Gasteiger partial charge on any atom is -0.319 e. The van der Waals surface area contributed by atoms with Crippen LogP contribution in [-0.2, 0) is 6.42 Å². The van der Waals surface area contributed by atoms with E-state index in [0.29, 0.717) is 0 Å². The van der Waals surface area contributed by atoms with E-state index in [1.807, 2.05) is 18.4 Å². The molecule has 1 aromatic rings. The van der Waals surface area contributed by atoms with Crippen molar-refractivity contribution in [3.05, 3.63) is 15.6 Å². The van der Waals surface area contributed by atoms with Crippen LogP contribution in [0, 0.1) is 6.92 Å². The summed E-state index contributed by atoms with van der Waals surface area (Å²) in [5.41, 5.74) is 1.26. The first-order chi connectivity index (χ1) is 7.31. The number of likely N-dealkylation sites (N-methyl/N-ethyl adjacent to an activating group) is 1. The summed E-state index contributed by atoms with van der Waals surface area (Å²) in [5, 5.41) is 4.60. The summed E-state index contributed by atoms with van der Waals surface area (Å²) in [5.74, 6) is 0.775. The molecule has 3 heteroatoms. The molecule has 0 saturated heterocycles. The first kappa shape index (κ1) is 11.1. The van der Waals surface area contributed by atoms with Gasteiger partial charge in [0.05, 0.1) is 10.7 Å². The van der Waals surface area contributed by atoms with Crippen molar-refractivity contribution in [2.24, 2.45) is 0 Å². The number of thiazole rings is 1. The van der Waals surface area contributed by atoms with Gasteiger partial charge in [0.25, 0.3) is 0 Å². The zero-order valence-electron chi connectivity index (χ0n) is 9.68. The second-order valence-corrected chi connectivity index (χ2v) is 5.51. The predicted molar refractivity (Wildman–Crippen MR) is 65.7 cm³/mol. The van der Waals surface area contributed by atoms with Crippen LogP contribution in [0.5, 0.6) is 0 Å². The molecular formula is C12H20N2S. The smallest absolute Gasteiger partial charge is 0.0961 e. The van der Waals surface area contributed by atoms with Crippen LogP contribution in [0.2, 0.25) is 0 Å². The molecule has 1 fully saturated rings. The van der Waals surface area contributed by atoms with E-state index >= 15 is 0 Å². The molecule has 1 aromatic heterocycles. The third-order valence-electron chi connectivity index (χ3n) is 3.22. The first-order valence-electron chi connectivity index (χ1n) is 5.92. The van der Waals surface area contributed by atoms with Crippen molar-refractivity contribution in [1.29, 1.82) is 0 Å². The summed E-state index contributed by atoms with van der Waals surface area (Å²) in [6.45, 7) is 3.22. The zero-order valence-corrected chi connectivity index (χ0v) is 10.5. The van der Waals surface area contributed by atoms with Gasteiger partial charge in [0.15, 0.2) is 0 Å². The van der Waals surface area contributed by atoms with Gasteiger partial charge < -0.3 is 5.32 Å². The normalized spacial score (nSPS) is 17.5. The predicted octanol–water partition coefficient (Wildman–Crippen LogP) is 2.87. The van der Waals surface area contributed by atoms with Crippen molar-refractivity contribution >= 4 is 11.3 Å². The maximum atomic E-state index is 4.74. The van der Waals surface area contributed by atoms with Gasteiger partial charge >= 0.3 is 0 Å². The minimum absolute atomic E-state index is 0.775. The van der Waals surface area contributed by atoms with Crippen molar-refractivity contribution in [2.45, 2.75) is 44.9 Å². The monoisotopic (exact) mass is 224 g/mol. The highest BCUT2D eigenvalue weighted by atomic mass is 32.1. The van der Waals surface area contributed by atoms with Gasteiger partial charge in [-0.05, 0) is 39.8 Å². The maximum absolute atomic E-state index is 4.74. The van der Waals surface area contributed by atoms with Crippen LogP contribution >= 0.6 is 11.3 Å². The summed E-state index contributed by atoms with van der Waals surface area (Å²) in [4.78, 5) is 6.21. The number of aryl methyl sites for hydroxylation is 1. The highest BCUT2D eigenvalue weighted by Crippen LogP contribution is 2.37. The number of hydrogen-bond acceptors (Lipinski definition) is 3. The lowest BCUT2D eigenvalue weighted by molar-refractivity contribution is 0.714. The van der Waals surface area contributed by atoms with Crippen LogP contribution in [0.1, 0.15) is 47.2 Å². The number of nitrogens with one attached hydrogen (secondary N) is 1. The summed E-state index contributed by atoms with van der Waals surface area (Å²) in [6.07, 6.45) is 6.65. The quantitative estimate of drug-likeness (QED) is 0.850. The number of nitrogens with zero attached hydrogens (tertiary/aromatic N) is 1. The SMILES string of the molecule is CNCCc1sc(C2CCCC2)nc1C. The van der Waals surface area contributed by atoms with Crippen molar-refractivity contribution in [2.75, 3.05) is 13.6 Å². The van der Waals surface area contributed by atoms with Crippen molar-refractivity contribution in [3.63, 3.8) is 0 Å². The van der Waals surface area contributed by atoms with Crippen LogP contribution < -0.4 is 5.32 Å². The van der Waals surface area contributed by atoms with E-state index in [0.717, 1.165) is 18.9 Å². The average molecular weight is 224 g/mol. The van der Waals surface area contributed by atoms with Gasteiger partial charge in [-0.2, -0.15) is 0 Å². The molecule has 1 heterocycles. The van der Waals surface area contributed by atoms with Crippen LogP contribution in [-0.4, -0.2) is 18.6 Å². The second-order valence-electron chi connectivity index (χ2n) is 4.40. The van der Waals surface area contributed by atoms with Gasteiger partial charge in [-0.1, -0.05) is 12.8 Å². The Kier molecular flexibility index (Phi) is 3.76. The highest BCUT2D eigenvalue weighted by molar-refractivity contribution is 7.11. The summed E-state index contributed by atoms with van der Waals surface area (Å²) in [6, 6.07) is 0. The third-order valence-corrected chi connectivity index (χ3v) is 4.60. The van der Waals surface area contributed by atoms with E-state index in [4.69, 9.17) is 4.98 Å². The van der Waals surface area contributed by atoms with Crippen molar-refractivity contribution < 1.29 is 0 Å². The minimum atomic E-state index is 0.775. The van der Waals surface area contributed by atoms with E-state index in [-0.39, 0.29) is 0 Å². The fraction of sp³-hybridized carbons (Fsp3) is 0.750. The Bertz CT molecular complexity index is 313. The fourth-order valence-electron chi connectivity index (χ4n) is 2.27. The number of rotatable bonds is 4. The molecule has 2 nitrogen and oxygen atoms in total. The molecule has 84 valence electrons. The Morgan fingerprint density at radius 3 is 2.80 bits per heavy atom. The number of aromatic nitrogens is 1. The summed E-state index contributed by atoms with van der Waals surface area (Å²) >= 11 is 1.95. The zero-order chi connectivity index (χ0) is 10.7. The van der Waals surface area contributed by atoms with Crippen molar-refractivity contribution in [3.8, 4) is 0 Å². The lowest BCUT2D eigenvalue weighted by Gasteiger charge is -2.02. The van der Waals surface area contributed by atoms with Gasteiger partial charge in [0.2, 0.25) is 0 Å². The van der Waals surface area contributed by atoms with E-state index in [1.54, 1.807) is 0 Å². The largest absolute Gasteiger partial charge is 0.319 e. The molecule has 0 bridgehead atoms. The third kappa shape index (κ3) is 2.58. The van der Waals surface area contributed by atoms with Crippen LogP contribution in [0.3, 0.4) is 0 Å². The Labute approximate surface area is 96.1 Å². The first-order valence-corrected chi connectivity index (χ1v) is 6.73. The molecule has 15 heavy (non-hydrogen) atoms. The number of hydrogen-bond donors (Lipinski definition) is 1. The van der Waals surface area contributed by atoms with E-state index in [2.05, 4.69) is 12.2 Å². The van der Waals surface area contributed by atoms with E-state index < -0.39 is 0 Å². The second kappa shape index (κ2) is 5.08. The molecule has 0 spiro atoms. The standard InChI is InChI=1S/C12H20N2S/c1-9-11(7-8-13-2)15-12(14-9)10-5-3-4-6-10/h10,13H,3-8H2,1-2H3. The van der Waals surface area contributed by atoms with E-state index in [9.17, 15) is 0 Å². The molecule has 1 aliphatic rings. The van der Waals surface area contributed by atoms with Gasteiger partial charge in [-0.3, -0.25) is 0 Å². The Hall–Kier alpha value is -0.410. The Morgan fingerprint density at radius 1 is 1.40 bits per heavy atom. The molecule has 0 aromatic carbocycles. The topological polar surface area (TPSA) is 24.9 Å². The molecule has 2 rings (SSSR count). The molecule has 1 saturated carbocycles. The van der Waals surface area contributed by atoms with Gasteiger partial charge in [-0.25, -0.2) is 4.98 Å². The summed E-state index contributed by atoms with van der Waals surface area (Å²) < 4.78 is 0. The molecule has 1 aliphatic carbocycles. The van der Waals surface area contributed by atoms with Crippen LogP contribution in [0.4, 0.5) is 0 Å². The lowest BCUT2D eigenvalue weighted by atomic mass is 10.1. The fourth-order valence-corrected chi connectivity index (χ4v) is 3.50. The van der Waals surface area contributed by atoms with Crippen LogP contribution in [0.15, 0.2) is 0 Å². The van der Waals surface area contributed by atoms with Crippen molar-refractivity contribution in [1.82, 2.24) is 10.3 Å². The molecule has 0 amide bonds. The molecule has 0 unspecified atom stereocenters. The maximum Gasteiger partial charge on any atom is 0.0961 e. The molecule has 0 aliphatic heterocycles.